The molecule has 1 amide bonds. The van der Waals surface area contributed by atoms with E-state index in [0.717, 1.165) is 19.5 Å². The molecule has 0 radical (unpaired) electrons. The molecule has 0 atom stereocenters. The van der Waals surface area contributed by atoms with Crippen molar-refractivity contribution in [2.24, 2.45) is 10.7 Å². The van der Waals surface area contributed by atoms with Gasteiger partial charge >= 0.3 is 0 Å². The van der Waals surface area contributed by atoms with Crippen molar-refractivity contribution in [1.82, 2.24) is 10.3 Å². The third kappa shape index (κ3) is 2.30. The molecule has 0 unspecified atom stereocenters. The van der Waals surface area contributed by atoms with Crippen molar-refractivity contribution < 1.29 is 4.79 Å². The molecule has 0 saturated carbocycles. The fourth-order valence-corrected chi connectivity index (χ4v) is 2.21. The molecule has 1 aliphatic heterocycles. The highest BCUT2D eigenvalue weighted by molar-refractivity contribution is 7.17. The van der Waals surface area contributed by atoms with Gasteiger partial charge in [-0.3, -0.25) is 9.79 Å². The SMILES string of the molecule is Cc1nc(NC2=NCCCN2)sc1C(N)=O. The van der Waals surface area contributed by atoms with E-state index >= 15 is 0 Å². The lowest BCUT2D eigenvalue weighted by Gasteiger charge is -2.13. The summed E-state index contributed by atoms with van der Waals surface area (Å²) < 4.78 is 0. The van der Waals surface area contributed by atoms with Crippen LogP contribution >= 0.6 is 11.3 Å². The van der Waals surface area contributed by atoms with Crippen LogP contribution in [0.3, 0.4) is 0 Å². The normalized spacial score (nSPS) is 15.2. The molecule has 2 heterocycles. The van der Waals surface area contributed by atoms with Gasteiger partial charge in [-0.05, 0) is 13.3 Å². The molecule has 1 aromatic heterocycles. The summed E-state index contributed by atoms with van der Waals surface area (Å²) in [7, 11) is 0. The third-order valence-electron chi connectivity index (χ3n) is 2.14. The number of guanidine groups is 1. The lowest BCUT2D eigenvalue weighted by atomic mass is 10.4. The standard InChI is InChI=1S/C9H13N5OS/c1-5-6(7(10)15)16-9(13-5)14-8-11-3-2-4-12-8/h2-4H2,1H3,(H2,10,15)(H2,11,12,13,14). The fraction of sp³-hybridized carbons (Fsp3) is 0.444. The number of primary amides is 1. The van der Waals surface area contributed by atoms with Crippen molar-refractivity contribution in [2.75, 3.05) is 18.4 Å². The lowest BCUT2D eigenvalue weighted by molar-refractivity contribution is 0.100. The molecular weight excluding hydrogens is 226 g/mol. The summed E-state index contributed by atoms with van der Waals surface area (Å²) in [5.74, 6) is 0.262. The number of nitrogens with one attached hydrogen (secondary N) is 2. The quantitative estimate of drug-likeness (QED) is 0.692. The average molecular weight is 239 g/mol. The van der Waals surface area contributed by atoms with Crippen LogP contribution in [0, 0.1) is 6.92 Å². The van der Waals surface area contributed by atoms with Crippen LogP contribution in [-0.2, 0) is 0 Å². The van der Waals surface area contributed by atoms with Gasteiger partial charge in [-0.25, -0.2) is 4.98 Å². The molecule has 1 aliphatic rings. The van der Waals surface area contributed by atoms with E-state index in [1.165, 1.54) is 11.3 Å². The number of nitrogens with zero attached hydrogens (tertiary/aromatic N) is 2. The molecule has 7 heteroatoms. The number of thiazole rings is 1. The summed E-state index contributed by atoms with van der Waals surface area (Å²) >= 11 is 1.24. The molecule has 1 aromatic rings. The maximum atomic E-state index is 11.0. The Kier molecular flexibility index (Phi) is 3.04. The summed E-state index contributed by atoms with van der Waals surface area (Å²) in [4.78, 5) is 20.0. The predicted molar refractivity (Wildman–Crippen MR) is 63.9 cm³/mol. The maximum absolute atomic E-state index is 11.0. The number of carbonyl (C=O) groups is 1. The number of hydrogen-bond donors (Lipinski definition) is 3. The summed E-state index contributed by atoms with van der Waals surface area (Å²) in [5.41, 5.74) is 5.87. The zero-order valence-electron chi connectivity index (χ0n) is 8.91. The Balaban J connectivity index is 2.12. The summed E-state index contributed by atoms with van der Waals surface area (Å²) in [6.07, 6.45) is 1.04. The van der Waals surface area contributed by atoms with Crippen LogP contribution in [0.4, 0.5) is 5.13 Å². The van der Waals surface area contributed by atoms with Crippen LogP contribution in [-0.4, -0.2) is 29.9 Å². The molecule has 4 N–H and O–H groups in total. The molecule has 86 valence electrons. The Bertz CT molecular complexity index is 439. The predicted octanol–water partition coefficient (Wildman–Crippen LogP) is 0.312. The number of hydrogen-bond acceptors (Lipinski definition) is 6. The molecule has 0 bridgehead atoms. The zero-order chi connectivity index (χ0) is 11.5. The van der Waals surface area contributed by atoms with Crippen LogP contribution < -0.4 is 16.4 Å². The minimum Gasteiger partial charge on any atom is -0.365 e. The maximum Gasteiger partial charge on any atom is 0.260 e. The Morgan fingerprint density at radius 1 is 1.62 bits per heavy atom. The number of anilines is 1. The van der Waals surface area contributed by atoms with Crippen molar-refractivity contribution in [1.29, 1.82) is 0 Å². The van der Waals surface area contributed by atoms with Gasteiger partial charge in [0, 0.05) is 13.1 Å². The van der Waals surface area contributed by atoms with Crippen LogP contribution in [0.15, 0.2) is 4.99 Å². The van der Waals surface area contributed by atoms with Gasteiger partial charge in [-0.2, -0.15) is 0 Å². The van der Waals surface area contributed by atoms with Crippen LogP contribution in [0.5, 0.6) is 0 Å². The first-order valence-corrected chi connectivity index (χ1v) is 5.81. The first-order chi connectivity index (χ1) is 7.66. The molecule has 0 aromatic carbocycles. The van der Waals surface area contributed by atoms with Crippen LogP contribution in [0.25, 0.3) is 0 Å². The minimum absolute atomic E-state index is 0.443. The van der Waals surface area contributed by atoms with Gasteiger partial charge in [0.05, 0.1) is 5.69 Å². The van der Waals surface area contributed by atoms with E-state index in [-0.39, 0.29) is 0 Å². The average Bonchev–Trinajstić information content (AvgIpc) is 2.61. The summed E-state index contributed by atoms with van der Waals surface area (Å²) in [5, 5.41) is 6.79. The number of rotatable bonds is 2. The second kappa shape index (κ2) is 4.48. The van der Waals surface area contributed by atoms with E-state index in [4.69, 9.17) is 5.73 Å². The van der Waals surface area contributed by atoms with Crippen molar-refractivity contribution in [2.45, 2.75) is 13.3 Å². The Morgan fingerprint density at radius 2 is 2.44 bits per heavy atom. The van der Waals surface area contributed by atoms with Crippen molar-refractivity contribution in [3.05, 3.63) is 10.6 Å². The number of carbonyl (C=O) groups excluding carboxylic acids is 1. The smallest absolute Gasteiger partial charge is 0.260 e. The van der Waals surface area contributed by atoms with E-state index in [2.05, 4.69) is 20.6 Å². The number of aryl methyl sites for hydroxylation is 1. The number of amides is 1. The molecule has 6 nitrogen and oxygen atoms in total. The van der Waals surface area contributed by atoms with Gasteiger partial charge in [0.25, 0.3) is 5.91 Å². The fourth-order valence-electron chi connectivity index (χ4n) is 1.40. The highest BCUT2D eigenvalue weighted by Crippen LogP contribution is 2.21. The lowest BCUT2D eigenvalue weighted by Crippen LogP contribution is -2.35. The first-order valence-electron chi connectivity index (χ1n) is 4.99. The van der Waals surface area contributed by atoms with Crippen molar-refractivity contribution in [3.8, 4) is 0 Å². The van der Waals surface area contributed by atoms with Gasteiger partial charge < -0.3 is 16.4 Å². The molecule has 0 saturated heterocycles. The topological polar surface area (TPSA) is 92.4 Å². The van der Waals surface area contributed by atoms with Crippen molar-refractivity contribution >= 4 is 28.3 Å². The van der Waals surface area contributed by atoms with Gasteiger partial charge in [-0.15, -0.1) is 0 Å². The summed E-state index contributed by atoms with van der Waals surface area (Å²) in [6.45, 7) is 3.47. The molecule has 0 fully saturated rings. The Morgan fingerprint density at radius 3 is 3.00 bits per heavy atom. The van der Waals surface area contributed by atoms with E-state index in [9.17, 15) is 4.79 Å². The Labute approximate surface area is 97.0 Å². The highest BCUT2D eigenvalue weighted by atomic mass is 32.1. The third-order valence-corrected chi connectivity index (χ3v) is 3.23. The molecule has 2 rings (SSSR count). The second-order valence-electron chi connectivity index (χ2n) is 3.43. The summed E-state index contributed by atoms with van der Waals surface area (Å²) in [6, 6.07) is 0. The molecular formula is C9H13N5OS. The van der Waals surface area contributed by atoms with Crippen molar-refractivity contribution in [3.63, 3.8) is 0 Å². The highest BCUT2D eigenvalue weighted by Gasteiger charge is 2.13. The molecule has 16 heavy (non-hydrogen) atoms. The van der Waals surface area contributed by atoms with Crippen LogP contribution in [0.2, 0.25) is 0 Å². The van der Waals surface area contributed by atoms with Crippen LogP contribution in [0.1, 0.15) is 21.8 Å². The number of aliphatic imine (C=N–C) groups is 1. The number of nitrogens with two attached hydrogens (primary N) is 1. The largest absolute Gasteiger partial charge is 0.365 e. The monoisotopic (exact) mass is 239 g/mol. The zero-order valence-corrected chi connectivity index (χ0v) is 9.73. The first kappa shape index (κ1) is 10.9. The van der Waals surface area contributed by atoms with E-state index in [0.29, 0.717) is 21.7 Å². The van der Waals surface area contributed by atoms with E-state index < -0.39 is 5.91 Å². The molecule has 0 spiro atoms. The van der Waals surface area contributed by atoms with E-state index in [1.807, 2.05) is 0 Å². The minimum atomic E-state index is -0.443. The Hall–Kier alpha value is -1.63. The van der Waals surface area contributed by atoms with Gasteiger partial charge in [0.15, 0.2) is 11.1 Å². The number of aromatic nitrogens is 1. The van der Waals surface area contributed by atoms with Gasteiger partial charge in [0.1, 0.15) is 4.88 Å². The second-order valence-corrected chi connectivity index (χ2v) is 4.43. The van der Waals surface area contributed by atoms with Gasteiger partial charge in [0.2, 0.25) is 0 Å². The van der Waals surface area contributed by atoms with Gasteiger partial charge in [-0.1, -0.05) is 11.3 Å². The van der Waals surface area contributed by atoms with E-state index in [1.54, 1.807) is 6.92 Å². The molecule has 0 aliphatic carbocycles.